The quantitative estimate of drug-likeness (QED) is 0.129. The molecule has 4 heterocycles. The number of amides is 4. The number of hydrogen-bond acceptors (Lipinski definition) is 16. The van der Waals surface area contributed by atoms with Crippen LogP contribution in [0, 0.1) is 0 Å². The van der Waals surface area contributed by atoms with Crippen LogP contribution in [-0.2, 0) is 57.5 Å². The maximum absolute atomic E-state index is 13.0. The first-order chi connectivity index (χ1) is 44.9. The fraction of sp³-hybridized carbons (Fsp3) is 0.176. The predicted octanol–water partition coefficient (Wildman–Crippen LogP) is 12.3. The van der Waals surface area contributed by atoms with E-state index < -0.39 is 50.1 Å². The van der Waals surface area contributed by atoms with Crippen LogP contribution >= 0.6 is 46.4 Å². The maximum atomic E-state index is 13.0. The van der Waals surface area contributed by atoms with Gasteiger partial charge in [0.25, 0.3) is 23.6 Å². The number of carbonyl (C=O) groups is 4. The summed E-state index contributed by atoms with van der Waals surface area (Å²) in [5.74, 6) is -1.83. The molecule has 0 atom stereocenters. The van der Waals surface area contributed by atoms with Crippen molar-refractivity contribution in [2.75, 3.05) is 101 Å². The van der Waals surface area contributed by atoms with Crippen molar-refractivity contribution >= 4 is 116 Å². The number of fused-ring (bicyclic) bond motifs is 4. The first-order valence-corrected chi connectivity index (χ1v) is 30.2. The van der Waals surface area contributed by atoms with E-state index in [0.717, 1.165) is 52.9 Å². The van der Waals surface area contributed by atoms with Gasteiger partial charge in [-0.2, -0.15) is 0 Å². The summed E-state index contributed by atoms with van der Waals surface area (Å²) in [6.45, 7) is 4.65. The van der Waals surface area contributed by atoms with Gasteiger partial charge in [-0.25, -0.2) is 0 Å². The van der Waals surface area contributed by atoms with E-state index >= 15 is 0 Å². The molecule has 4 aliphatic heterocycles. The van der Waals surface area contributed by atoms with Gasteiger partial charge in [0.1, 0.15) is 22.8 Å². The molecule has 0 saturated carbocycles. The Kier molecular flexibility index (Phi) is 25.6. The molecule has 0 aliphatic carbocycles. The third-order valence-electron chi connectivity index (χ3n) is 13.1. The van der Waals surface area contributed by atoms with Crippen LogP contribution in [0.3, 0.4) is 0 Å². The molecule has 472 valence electrons. The topological polar surface area (TPSA) is 240 Å². The molecular formula is C68H60Cl4N8O12. The SMILES string of the molecule is C1COCCO1.C1COCCO1.O=C1CO/N=C(/c2ccccc2)c2cc(Cl)ccc2NC(=O)CO/N=C(/c2ccccc2)c2cc(Cl)ccc2N1.O=C1CO/N=C(/c2ccccc2)c2cc(Cl)ccc2NC(=O)CO/N=C(/c2ccccc2)c2cc(Cl)ccc2N1. The van der Waals surface area contributed by atoms with E-state index in [4.69, 9.17) is 84.7 Å². The molecule has 0 aromatic heterocycles. The molecule has 0 spiro atoms. The third-order valence-corrected chi connectivity index (χ3v) is 14.1. The van der Waals surface area contributed by atoms with E-state index in [0.29, 0.717) is 110 Å². The van der Waals surface area contributed by atoms with Crippen molar-refractivity contribution in [3.8, 4) is 0 Å². The smallest absolute Gasteiger partial charge is 0.265 e. The van der Waals surface area contributed by atoms with E-state index in [9.17, 15) is 19.2 Å². The van der Waals surface area contributed by atoms with Gasteiger partial charge in [-0.15, -0.1) is 0 Å². The van der Waals surface area contributed by atoms with E-state index in [1.54, 1.807) is 72.8 Å². The lowest BCUT2D eigenvalue weighted by Crippen LogP contribution is -2.22. The maximum Gasteiger partial charge on any atom is 0.265 e. The highest BCUT2D eigenvalue weighted by atomic mass is 35.5. The van der Waals surface area contributed by atoms with E-state index in [2.05, 4.69) is 41.9 Å². The summed E-state index contributed by atoms with van der Waals surface area (Å²) in [6, 6.07) is 56.6. The monoisotopic (exact) mass is 1320 g/mol. The van der Waals surface area contributed by atoms with Gasteiger partial charge in [-0.1, -0.05) is 188 Å². The summed E-state index contributed by atoms with van der Waals surface area (Å²) in [5.41, 5.74) is 7.90. The van der Waals surface area contributed by atoms with Crippen molar-refractivity contribution in [2.45, 2.75) is 0 Å². The molecule has 12 rings (SSSR count). The number of carbonyl (C=O) groups excluding carboxylic acids is 4. The minimum atomic E-state index is -0.459. The molecule has 4 amide bonds. The zero-order chi connectivity index (χ0) is 64.3. The Morgan fingerprint density at radius 3 is 0.652 bits per heavy atom. The van der Waals surface area contributed by atoms with Gasteiger partial charge in [-0.05, 0) is 72.8 Å². The van der Waals surface area contributed by atoms with Crippen molar-refractivity contribution in [3.63, 3.8) is 0 Å². The molecule has 4 aliphatic rings. The fourth-order valence-electron chi connectivity index (χ4n) is 8.95. The predicted molar refractivity (Wildman–Crippen MR) is 356 cm³/mol. The summed E-state index contributed by atoms with van der Waals surface area (Å²) in [4.78, 5) is 74.0. The van der Waals surface area contributed by atoms with Crippen LogP contribution < -0.4 is 21.3 Å². The summed E-state index contributed by atoms with van der Waals surface area (Å²) >= 11 is 25.2. The highest BCUT2D eigenvalue weighted by Gasteiger charge is 2.23. The summed E-state index contributed by atoms with van der Waals surface area (Å²) in [6.07, 6.45) is 0. The normalized spacial score (nSPS) is 17.8. The molecule has 20 nitrogen and oxygen atoms in total. The molecule has 8 aromatic carbocycles. The van der Waals surface area contributed by atoms with E-state index in [-0.39, 0.29) is 0 Å². The number of anilines is 4. The zero-order valence-corrected chi connectivity index (χ0v) is 52.2. The summed E-state index contributed by atoms with van der Waals surface area (Å²) < 4.78 is 19.8. The highest BCUT2D eigenvalue weighted by Crippen LogP contribution is 2.30. The molecule has 2 saturated heterocycles. The second-order valence-corrected chi connectivity index (χ2v) is 21.5. The standard InChI is InChI=1S/2C30H22Cl2N4O4.2C4H8O2/c2*31-21-11-13-25-23(15-21)29(19-7-3-1-4-8-19)35-39-17-27(37)34-26-14-12-22(32)16-24(26)30(20-9-5-2-6-10-20)36-40-18-28(38)33-25;2*1-2-6-4-3-5-1/h2*1-16H,17-18H2,(H,33,38)(H,34,37);2*1-4H2/b2*35-29-,36-30-;;. The Labute approximate surface area is 549 Å². The molecule has 0 radical (unpaired) electrons. The van der Waals surface area contributed by atoms with Gasteiger partial charge >= 0.3 is 0 Å². The average Bonchev–Trinajstić information content (AvgIpc) is 1.26. The van der Waals surface area contributed by atoms with E-state index in [1.807, 2.05) is 121 Å². The highest BCUT2D eigenvalue weighted by molar-refractivity contribution is 6.33. The van der Waals surface area contributed by atoms with Crippen LogP contribution in [0.25, 0.3) is 0 Å². The van der Waals surface area contributed by atoms with Crippen molar-refractivity contribution < 1.29 is 57.5 Å². The molecule has 0 bridgehead atoms. The number of oxime groups is 4. The molecule has 24 heteroatoms. The van der Waals surface area contributed by atoms with Crippen molar-refractivity contribution in [2.24, 2.45) is 20.6 Å². The first-order valence-electron chi connectivity index (χ1n) is 28.7. The van der Waals surface area contributed by atoms with Crippen LogP contribution in [0.5, 0.6) is 0 Å². The molecule has 8 aromatic rings. The molecular weight excluding hydrogens is 1260 g/mol. The number of nitrogens with one attached hydrogen (secondary N) is 4. The van der Waals surface area contributed by atoms with Crippen molar-refractivity contribution in [3.05, 3.63) is 259 Å². The lowest BCUT2D eigenvalue weighted by atomic mass is 10.0. The summed E-state index contributed by atoms with van der Waals surface area (Å²) in [7, 11) is 0. The number of nitrogens with zero attached hydrogens (tertiary/aromatic N) is 4. The van der Waals surface area contributed by atoms with Crippen LogP contribution in [0.4, 0.5) is 22.7 Å². The lowest BCUT2D eigenvalue weighted by Gasteiger charge is -2.16. The number of hydrogen-bond donors (Lipinski definition) is 4. The van der Waals surface area contributed by atoms with Crippen molar-refractivity contribution in [1.29, 1.82) is 0 Å². The van der Waals surface area contributed by atoms with Crippen molar-refractivity contribution in [1.82, 2.24) is 0 Å². The molecule has 4 N–H and O–H groups in total. The second kappa shape index (κ2) is 35.2. The Bertz CT molecular complexity index is 3420. The minimum absolute atomic E-state index is 0.371. The van der Waals surface area contributed by atoms with Gasteiger partial charge in [0.15, 0.2) is 26.4 Å². The largest absolute Gasteiger partial charge is 0.385 e. The van der Waals surface area contributed by atoms with Gasteiger partial charge in [0.2, 0.25) is 0 Å². The van der Waals surface area contributed by atoms with E-state index in [1.165, 1.54) is 0 Å². The fourth-order valence-corrected chi connectivity index (χ4v) is 9.63. The van der Waals surface area contributed by atoms with Gasteiger partial charge in [-0.3, -0.25) is 19.2 Å². The number of halogens is 4. The zero-order valence-electron chi connectivity index (χ0n) is 49.2. The van der Waals surface area contributed by atoms with Crippen LogP contribution in [0.15, 0.2) is 215 Å². The van der Waals surface area contributed by atoms with Crippen LogP contribution in [0.1, 0.15) is 44.5 Å². The third kappa shape index (κ3) is 20.3. The second-order valence-electron chi connectivity index (χ2n) is 19.7. The number of benzene rings is 8. The van der Waals surface area contributed by atoms with Gasteiger partial charge in [0.05, 0.1) is 75.6 Å². The Balaban J connectivity index is 0.000000183. The molecule has 2 fully saturated rings. The lowest BCUT2D eigenvalue weighted by molar-refractivity contribution is -0.121. The Morgan fingerprint density at radius 2 is 0.467 bits per heavy atom. The molecule has 92 heavy (non-hydrogen) atoms. The Morgan fingerprint density at radius 1 is 0.272 bits per heavy atom. The molecule has 0 unspecified atom stereocenters. The van der Waals surface area contributed by atoms with Gasteiger partial charge < -0.3 is 59.6 Å². The minimum Gasteiger partial charge on any atom is -0.385 e. The summed E-state index contributed by atoms with van der Waals surface area (Å²) in [5, 5.41) is 30.2. The first kappa shape index (κ1) is 66.9. The number of ether oxygens (including phenoxy) is 4. The number of rotatable bonds is 4. The average molecular weight is 1320 g/mol. The van der Waals surface area contributed by atoms with Gasteiger partial charge in [0, 0.05) is 64.6 Å². The van der Waals surface area contributed by atoms with Crippen LogP contribution in [-0.4, -0.2) is 126 Å². The van der Waals surface area contributed by atoms with Crippen LogP contribution in [0.2, 0.25) is 20.1 Å². The Hall–Kier alpha value is -9.48.